The fourth-order valence-corrected chi connectivity index (χ4v) is 3.70. The largest absolute Gasteiger partial charge is 0.496 e. The van der Waals surface area contributed by atoms with Gasteiger partial charge in [0.15, 0.2) is 5.78 Å². The first-order valence-electron chi connectivity index (χ1n) is 7.00. The summed E-state index contributed by atoms with van der Waals surface area (Å²) in [5.74, 6) is 1.66. The number of benzene rings is 1. The number of Topliss-reactive ketones (excluding diaryl/α,β-unsaturated/α-hetero) is 1. The van der Waals surface area contributed by atoms with Crippen molar-refractivity contribution in [3.05, 3.63) is 29.3 Å². The molecule has 1 aromatic carbocycles. The summed E-state index contributed by atoms with van der Waals surface area (Å²) in [6, 6.07) is 5.94. The van der Waals surface area contributed by atoms with Gasteiger partial charge in [-0.05, 0) is 43.9 Å². The lowest BCUT2D eigenvalue weighted by molar-refractivity contribution is 0.0413. The summed E-state index contributed by atoms with van der Waals surface area (Å²) in [6.07, 6.45) is 2.93. The molecule has 0 N–H and O–H groups in total. The number of likely N-dealkylation sites (tertiary alicyclic amines) is 1. The van der Waals surface area contributed by atoms with Gasteiger partial charge >= 0.3 is 0 Å². The Morgan fingerprint density at radius 1 is 1.42 bits per heavy atom. The van der Waals surface area contributed by atoms with Gasteiger partial charge in [-0.15, -0.1) is 0 Å². The lowest BCUT2D eigenvalue weighted by atomic mass is 9.80. The third kappa shape index (κ3) is 1.71. The molecule has 1 aromatic rings. The lowest BCUT2D eigenvalue weighted by Crippen LogP contribution is -2.55. The first kappa shape index (κ1) is 12.7. The van der Waals surface area contributed by atoms with Crippen LogP contribution < -0.4 is 4.74 Å². The average molecular weight is 259 g/mol. The van der Waals surface area contributed by atoms with Crippen LogP contribution in [0.2, 0.25) is 0 Å². The number of rotatable bonds is 1. The number of piperidine rings is 1. The van der Waals surface area contributed by atoms with Crippen LogP contribution in [-0.2, 0) is 6.42 Å². The van der Waals surface area contributed by atoms with Gasteiger partial charge in [-0.3, -0.25) is 9.69 Å². The Morgan fingerprint density at radius 3 is 2.89 bits per heavy atom. The van der Waals surface area contributed by atoms with Crippen molar-refractivity contribution in [2.45, 2.75) is 31.7 Å². The highest BCUT2D eigenvalue weighted by Gasteiger charge is 2.51. The minimum absolute atomic E-state index is 0.259. The lowest BCUT2D eigenvalue weighted by Gasteiger charge is -2.43. The molecular formula is C16H21NO2. The molecule has 19 heavy (non-hydrogen) atoms. The van der Waals surface area contributed by atoms with E-state index in [2.05, 4.69) is 24.9 Å². The Hall–Kier alpha value is -1.35. The molecule has 2 aliphatic rings. The summed E-state index contributed by atoms with van der Waals surface area (Å²) in [5, 5.41) is 0. The maximum Gasteiger partial charge on any atom is 0.187 e. The molecule has 1 heterocycles. The zero-order valence-electron chi connectivity index (χ0n) is 11.9. The van der Waals surface area contributed by atoms with E-state index < -0.39 is 0 Å². The molecule has 3 nitrogen and oxygen atoms in total. The molecule has 2 unspecified atom stereocenters. The summed E-state index contributed by atoms with van der Waals surface area (Å²) < 4.78 is 5.38. The Bertz CT molecular complexity index is 525. The topological polar surface area (TPSA) is 29.5 Å². The van der Waals surface area contributed by atoms with Crippen molar-refractivity contribution < 1.29 is 9.53 Å². The van der Waals surface area contributed by atoms with E-state index in [9.17, 15) is 4.79 Å². The van der Waals surface area contributed by atoms with Gasteiger partial charge < -0.3 is 4.74 Å². The van der Waals surface area contributed by atoms with E-state index in [0.717, 1.165) is 42.7 Å². The molecule has 0 bridgehead atoms. The minimum Gasteiger partial charge on any atom is -0.496 e. The van der Waals surface area contributed by atoms with E-state index >= 15 is 0 Å². The van der Waals surface area contributed by atoms with Gasteiger partial charge in [0.05, 0.1) is 18.2 Å². The molecule has 1 aliphatic heterocycles. The molecule has 1 fully saturated rings. The molecule has 1 spiro atoms. The number of hydrogen-bond acceptors (Lipinski definition) is 3. The Kier molecular flexibility index (Phi) is 2.90. The Balaban J connectivity index is 2.03. The predicted octanol–water partition coefficient (Wildman–Crippen LogP) is 2.53. The fraction of sp³-hybridized carbons (Fsp3) is 0.562. The molecule has 0 radical (unpaired) electrons. The van der Waals surface area contributed by atoms with Crippen molar-refractivity contribution >= 4 is 5.78 Å². The van der Waals surface area contributed by atoms with Crippen molar-refractivity contribution in [3.8, 4) is 5.75 Å². The number of likely N-dealkylation sites (N-methyl/N-ethyl adjacent to an activating group) is 1. The van der Waals surface area contributed by atoms with Crippen molar-refractivity contribution in [2.24, 2.45) is 5.92 Å². The van der Waals surface area contributed by atoms with Crippen molar-refractivity contribution in [1.29, 1.82) is 0 Å². The van der Waals surface area contributed by atoms with E-state index in [1.807, 2.05) is 12.1 Å². The second kappa shape index (κ2) is 4.34. The smallest absolute Gasteiger partial charge is 0.187 e. The van der Waals surface area contributed by atoms with E-state index in [4.69, 9.17) is 4.74 Å². The second-order valence-corrected chi connectivity index (χ2v) is 6.06. The summed E-state index contributed by atoms with van der Waals surface area (Å²) in [5.41, 5.74) is 1.64. The highest BCUT2D eigenvalue weighted by molar-refractivity contribution is 6.09. The zero-order valence-corrected chi connectivity index (χ0v) is 11.9. The van der Waals surface area contributed by atoms with Crippen LogP contribution in [-0.4, -0.2) is 36.9 Å². The van der Waals surface area contributed by atoms with E-state index in [-0.39, 0.29) is 11.3 Å². The molecule has 102 valence electrons. The number of carbonyl (C=O) groups excluding carboxylic acids is 1. The van der Waals surface area contributed by atoms with Gasteiger partial charge in [0, 0.05) is 6.54 Å². The monoisotopic (exact) mass is 259 g/mol. The molecule has 0 amide bonds. The molecule has 2 atom stereocenters. The number of carbonyl (C=O) groups is 1. The number of methoxy groups -OCH3 is 1. The summed E-state index contributed by atoms with van der Waals surface area (Å²) >= 11 is 0. The quantitative estimate of drug-likeness (QED) is 0.776. The third-order valence-electron chi connectivity index (χ3n) is 4.83. The first-order chi connectivity index (χ1) is 9.08. The molecule has 3 heteroatoms. The van der Waals surface area contributed by atoms with Crippen molar-refractivity contribution in [2.75, 3.05) is 20.7 Å². The number of ether oxygens (including phenoxy) is 1. The van der Waals surface area contributed by atoms with E-state index in [1.54, 1.807) is 7.11 Å². The molecule has 1 saturated heterocycles. The molecule has 0 aromatic heterocycles. The SMILES string of the molecule is COc1cccc2c1C(=O)C1(CCC(C)CN1C)C2. The predicted molar refractivity (Wildman–Crippen MR) is 74.8 cm³/mol. The third-order valence-corrected chi connectivity index (χ3v) is 4.83. The normalized spacial score (nSPS) is 30.7. The molecule has 3 rings (SSSR count). The van der Waals surface area contributed by atoms with Crippen LogP contribution in [0, 0.1) is 5.92 Å². The van der Waals surface area contributed by atoms with Crippen molar-refractivity contribution in [1.82, 2.24) is 4.90 Å². The maximum absolute atomic E-state index is 12.9. The van der Waals surface area contributed by atoms with Gasteiger partial charge in [-0.25, -0.2) is 0 Å². The van der Waals surface area contributed by atoms with Gasteiger partial charge in [0.25, 0.3) is 0 Å². The maximum atomic E-state index is 12.9. The summed E-state index contributed by atoms with van der Waals surface area (Å²) in [4.78, 5) is 15.2. The van der Waals surface area contributed by atoms with Crippen LogP contribution in [0.15, 0.2) is 18.2 Å². The number of nitrogens with zero attached hydrogens (tertiary/aromatic N) is 1. The zero-order chi connectivity index (χ0) is 13.6. The van der Waals surface area contributed by atoms with Crippen LogP contribution in [0.3, 0.4) is 0 Å². The molecule has 1 aliphatic carbocycles. The van der Waals surface area contributed by atoms with Gasteiger partial charge in [-0.1, -0.05) is 19.1 Å². The minimum atomic E-state index is -0.316. The molecule has 0 saturated carbocycles. The number of hydrogen-bond donors (Lipinski definition) is 0. The molecular weight excluding hydrogens is 238 g/mol. The van der Waals surface area contributed by atoms with Crippen LogP contribution >= 0.6 is 0 Å². The van der Waals surface area contributed by atoms with Crippen LogP contribution in [0.1, 0.15) is 35.7 Å². The van der Waals surface area contributed by atoms with Crippen LogP contribution in [0.25, 0.3) is 0 Å². The van der Waals surface area contributed by atoms with Gasteiger partial charge in [0.2, 0.25) is 0 Å². The summed E-state index contributed by atoms with van der Waals surface area (Å²) in [7, 11) is 3.73. The number of fused-ring (bicyclic) bond motifs is 1. The Labute approximate surface area is 114 Å². The highest BCUT2D eigenvalue weighted by atomic mass is 16.5. The van der Waals surface area contributed by atoms with E-state index in [0.29, 0.717) is 5.92 Å². The Morgan fingerprint density at radius 2 is 2.21 bits per heavy atom. The number of ketones is 1. The first-order valence-corrected chi connectivity index (χ1v) is 7.00. The standard InChI is InChI=1S/C16H21NO2/c1-11-7-8-16(17(2)10-11)9-12-5-4-6-13(19-3)14(12)15(16)18/h4-6,11H,7-10H2,1-3H3. The van der Waals surface area contributed by atoms with Gasteiger partial charge in [0.1, 0.15) is 5.75 Å². The highest BCUT2D eigenvalue weighted by Crippen LogP contribution is 2.43. The fourth-order valence-electron chi connectivity index (χ4n) is 3.70. The average Bonchev–Trinajstić information content (AvgIpc) is 2.69. The van der Waals surface area contributed by atoms with Crippen LogP contribution in [0.4, 0.5) is 0 Å². The van der Waals surface area contributed by atoms with Crippen molar-refractivity contribution in [3.63, 3.8) is 0 Å². The van der Waals surface area contributed by atoms with Crippen LogP contribution in [0.5, 0.6) is 5.75 Å². The summed E-state index contributed by atoms with van der Waals surface area (Å²) in [6.45, 7) is 3.26. The second-order valence-electron chi connectivity index (χ2n) is 6.06. The van der Waals surface area contributed by atoms with Gasteiger partial charge in [-0.2, -0.15) is 0 Å². The van der Waals surface area contributed by atoms with E-state index in [1.165, 1.54) is 0 Å².